The van der Waals surface area contributed by atoms with Gasteiger partial charge in [0.25, 0.3) is 0 Å². The maximum absolute atomic E-state index is 5.77. The summed E-state index contributed by atoms with van der Waals surface area (Å²) in [6, 6.07) is 0. The van der Waals surface area contributed by atoms with Crippen molar-refractivity contribution in [3.63, 3.8) is 0 Å². The zero-order chi connectivity index (χ0) is 5.41. The van der Waals surface area contributed by atoms with Gasteiger partial charge in [-0.3, -0.25) is 0 Å². The van der Waals surface area contributed by atoms with Crippen molar-refractivity contribution in [1.82, 2.24) is 0 Å². The van der Waals surface area contributed by atoms with E-state index in [0.29, 0.717) is 0 Å². The Morgan fingerprint density at radius 3 is 0.875 bits per heavy atom. The summed E-state index contributed by atoms with van der Waals surface area (Å²) < 4.78 is 0. The smallest absolute Gasteiger partial charge is 0.0554 e. The van der Waals surface area contributed by atoms with Crippen molar-refractivity contribution in [3.05, 3.63) is 0 Å². The Hall–Kier alpha value is -0.480. The van der Waals surface area contributed by atoms with Crippen molar-refractivity contribution in [3.8, 4) is 0 Å². The first-order chi connectivity index (χ1) is 2.83. The van der Waals surface area contributed by atoms with Crippen LogP contribution < -0.4 is 0 Å². The minimum Gasteiger partial charge on any atom is -0.412 e. The van der Waals surface area contributed by atoms with Gasteiger partial charge in [0.1, 0.15) is 0 Å². The van der Waals surface area contributed by atoms with Gasteiger partial charge in [0.15, 0.2) is 0 Å². The Morgan fingerprint density at radius 1 is 0.875 bits per heavy atom. The topological polar surface area (TPSA) is 111 Å². The molecule has 0 spiro atoms. The molecule has 0 aliphatic carbocycles. The molecular formula is C2H6N2O2S2. The summed E-state index contributed by atoms with van der Waals surface area (Å²) in [5.74, 6) is 0. The lowest BCUT2D eigenvalue weighted by molar-refractivity contribution is 0.823. The predicted octanol–water partition coefficient (Wildman–Crippen LogP) is -0.313. The molecule has 0 bridgehead atoms. The van der Waals surface area contributed by atoms with Crippen LogP contribution in [0, 0.1) is 10.8 Å². The molecule has 0 radical (unpaired) electrons. The molecule has 0 aliphatic heterocycles. The van der Waals surface area contributed by atoms with Crippen molar-refractivity contribution >= 4 is 34.8 Å². The molecule has 6 heteroatoms. The summed E-state index contributed by atoms with van der Waals surface area (Å²) in [6.45, 7) is 0. The molecule has 0 heterocycles. The van der Waals surface area contributed by atoms with Gasteiger partial charge in [-0.2, -0.15) is 0 Å². The highest BCUT2D eigenvalue weighted by Gasteiger charge is 0.978. The Kier molecular flexibility index (Phi) is 277. The number of nitrogens with one attached hydrogen (secondary N) is 2. The third kappa shape index (κ3) is 489. The third-order valence-electron chi connectivity index (χ3n) is 0. The van der Waals surface area contributed by atoms with Gasteiger partial charge in [0.2, 0.25) is 0 Å². The molecule has 4 nitrogen and oxygen atoms in total. The molecule has 0 saturated carbocycles. The predicted molar refractivity (Wildman–Crippen MR) is 37.9 cm³/mol. The second-order valence-corrected chi connectivity index (χ2v) is 0.612. The van der Waals surface area contributed by atoms with Gasteiger partial charge >= 0.3 is 0 Å². The molecule has 0 atom stereocenters. The van der Waals surface area contributed by atoms with Crippen LogP contribution >= 0.6 is 24.4 Å². The van der Waals surface area contributed by atoms with Crippen molar-refractivity contribution in [2.24, 2.45) is 0 Å². The maximum atomic E-state index is 5.77. The van der Waals surface area contributed by atoms with Gasteiger partial charge < -0.3 is 11.0 Å². The van der Waals surface area contributed by atoms with Crippen molar-refractivity contribution in [2.45, 2.75) is 0 Å². The van der Waals surface area contributed by atoms with E-state index in [1.165, 1.54) is 0 Å². The van der Waals surface area contributed by atoms with Crippen molar-refractivity contribution < 1.29 is 11.0 Å². The van der Waals surface area contributed by atoms with E-state index in [4.69, 9.17) is 10.8 Å². The standard InChI is InChI=1S/2CHNS.2H2O/c2*2-1-3;;/h2*2H;2*1H2. The van der Waals surface area contributed by atoms with Gasteiger partial charge in [0.05, 0.1) is 10.3 Å². The van der Waals surface area contributed by atoms with E-state index in [9.17, 15) is 0 Å². The highest BCUT2D eigenvalue weighted by Crippen LogP contribution is 1.16. The lowest BCUT2D eigenvalue weighted by Crippen LogP contribution is -1.03. The monoisotopic (exact) mass is 154 g/mol. The van der Waals surface area contributed by atoms with Crippen LogP contribution in [0.2, 0.25) is 0 Å². The molecule has 48 valence electrons. The third-order valence-corrected chi connectivity index (χ3v) is 0. The molecular weight excluding hydrogens is 148 g/mol. The van der Waals surface area contributed by atoms with Crippen LogP contribution in [0.1, 0.15) is 0 Å². The Balaban J connectivity index is -0.0000000160. The lowest BCUT2D eigenvalue weighted by Gasteiger charge is -1.05. The molecule has 0 aliphatic rings. The molecule has 0 amide bonds. The highest BCUT2D eigenvalue weighted by atomic mass is 32.1. The number of hydrogen-bond donors (Lipinski definition) is 2. The molecule has 0 aromatic rings. The van der Waals surface area contributed by atoms with Crippen LogP contribution in [0.5, 0.6) is 0 Å². The fourth-order valence-electron chi connectivity index (χ4n) is 0. The number of thiocarbonyl (C=S) groups is 2. The van der Waals surface area contributed by atoms with Crippen LogP contribution in [-0.4, -0.2) is 21.3 Å². The first-order valence-electron chi connectivity index (χ1n) is 0.908. The molecule has 0 aromatic heterocycles. The van der Waals surface area contributed by atoms with E-state index in [0.717, 1.165) is 0 Å². The van der Waals surface area contributed by atoms with Gasteiger partial charge in [-0.15, -0.1) is 0 Å². The largest absolute Gasteiger partial charge is 0.412 e. The summed E-state index contributed by atoms with van der Waals surface area (Å²) in [5.41, 5.74) is 0. The molecule has 0 fully saturated rings. The maximum Gasteiger partial charge on any atom is 0.0554 e. The fourth-order valence-corrected chi connectivity index (χ4v) is 0. The van der Waals surface area contributed by atoms with Crippen LogP contribution in [0.15, 0.2) is 0 Å². The van der Waals surface area contributed by atoms with Crippen LogP contribution in [0.3, 0.4) is 0 Å². The van der Waals surface area contributed by atoms with E-state index in [2.05, 4.69) is 24.4 Å². The quantitative estimate of drug-likeness (QED) is 0.368. The zero-order valence-corrected chi connectivity index (χ0v) is 5.45. The second-order valence-electron chi connectivity index (χ2n) is 0.204. The summed E-state index contributed by atoms with van der Waals surface area (Å²) >= 11 is 7.62. The van der Waals surface area contributed by atoms with Crippen molar-refractivity contribution in [2.75, 3.05) is 0 Å². The van der Waals surface area contributed by atoms with Gasteiger partial charge in [-0.1, -0.05) is 0 Å². The Labute approximate surface area is 57.2 Å². The van der Waals surface area contributed by atoms with Gasteiger partial charge in [-0.05, 0) is 24.4 Å². The molecule has 0 saturated heterocycles. The number of rotatable bonds is 0. The van der Waals surface area contributed by atoms with E-state index in [1.54, 1.807) is 10.3 Å². The lowest BCUT2D eigenvalue weighted by atomic mass is 11.8. The van der Waals surface area contributed by atoms with Gasteiger partial charge in [-0.25, -0.2) is 10.8 Å². The average Bonchev–Trinajstić information content (AvgIpc) is 1.39. The van der Waals surface area contributed by atoms with Gasteiger partial charge in [0, 0.05) is 0 Å². The fraction of sp³-hybridized carbons (Fsp3) is 0. The van der Waals surface area contributed by atoms with Crippen LogP contribution in [0.25, 0.3) is 0 Å². The van der Waals surface area contributed by atoms with E-state index >= 15 is 0 Å². The minimum atomic E-state index is 0. The molecule has 0 rings (SSSR count). The second kappa shape index (κ2) is 86.0. The van der Waals surface area contributed by atoms with Crippen molar-refractivity contribution in [1.29, 1.82) is 10.8 Å². The van der Waals surface area contributed by atoms with E-state index in [1.807, 2.05) is 0 Å². The first-order valence-corrected chi connectivity index (χ1v) is 1.72. The normalized spacial score (nSPS) is 2.00. The zero-order valence-electron chi connectivity index (χ0n) is 3.82. The number of isothiocyanates is 2. The summed E-state index contributed by atoms with van der Waals surface area (Å²) in [7, 11) is 0. The molecule has 0 unspecified atom stereocenters. The molecule has 0 aromatic carbocycles. The summed E-state index contributed by atoms with van der Waals surface area (Å²) in [6.07, 6.45) is 0. The van der Waals surface area contributed by atoms with Crippen LogP contribution in [-0.2, 0) is 0 Å². The first kappa shape index (κ1) is 25.8. The Bertz CT molecular complexity index is 70.0. The minimum absolute atomic E-state index is 0. The highest BCUT2D eigenvalue weighted by molar-refractivity contribution is 7.78. The van der Waals surface area contributed by atoms with E-state index in [-0.39, 0.29) is 11.0 Å². The van der Waals surface area contributed by atoms with Crippen LogP contribution in [0.4, 0.5) is 0 Å². The molecule has 8 heavy (non-hydrogen) atoms. The van der Waals surface area contributed by atoms with E-state index < -0.39 is 0 Å². The summed E-state index contributed by atoms with van der Waals surface area (Å²) in [4.78, 5) is 0. The Morgan fingerprint density at radius 2 is 0.875 bits per heavy atom. The SMILES string of the molecule is N=C=S.N=C=S.O.O. The number of hydrogen-bond acceptors (Lipinski definition) is 4. The molecule has 6 N–H and O–H groups in total. The summed E-state index contributed by atoms with van der Waals surface area (Å²) in [5, 5.41) is 14.7. The average molecular weight is 154 g/mol.